The summed E-state index contributed by atoms with van der Waals surface area (Å²) in [6.07, 6.45) is 7.16. The maximum absolute atomic E-state index is 5.96. The molecule has 3 aromatic rings. The van der Waals surface area contributed by atoms with Crippen LogP contribution in [0.1, 0.15) is 57.7 Å². The second-order valence-electron chi connectivity index (χ2n) is 7.54. The summed E-state index contributed by atoms with van der Waals surface area (Å²) in [4.78, 5) is 14.8. The van der Waals surface area contributed by atoms with E-state index < -0.39 is 0 Å². The van der Waals surface area contributed by atoms with E-state index in [2.05, 4.69) is 36.8 Å². The fourth-order valence-corrected chi connectivity index (χ4v) is 4.44. The monoisotopic (exact) mass is 371 g/mol. The van der Waals surface area contributed by atoms with Gasteiger partial charge in [-0.05, 0) is 26.3 Å². The van der Waals surface area contributed by atoms with E-state index in [4.69, 9.17) is 14.5 Å². The van der Waals surface area contributed by atoms with E-state index in [-0.39, 0.29) is 5.60 Å². The van der Waals surface area contributed by atoms with Gasteiger partial charge in [-0.25, -0.2) is 15.0 Å². The van der Waals surface area contributed by atoms with Crippen molar-refractivity contribution in [1.82, 2.24) is 15.0 Å². The molecule has 138 valence electrons. The van der Waals surface area contributed by atoms with Gasteiger partial charge in [0, 0.05) is 17.4 Å². The van der Waals surface area contributed by atoms with Crippen LogP contribution in [0.25, 0.3) is 20.4 Å². The summed E-state index contributed by atoms with van der Waals surface area (Å²) < 4.78 is 12.9. The van der Waals surface area contributed by atoms with Gasteiger partial charge in [0.25, 0.3) is 0 Å². The lowest BCUT2D eigenvalue weighted by molar-refractivity contribution is -0.0411. The Kier molecular flexibility index (Phi) is 4.80. The molecule has 0 aliphatic carbocycles. The first-order valence-electron chi connectivity index (χ1n) is 9.40. The van der Waals surface area contributed by atoms with Gasteiger partial charge in [0.05, 0.1) is 30.0 Å². The Bertz CT molecular complexity index is 936. The molecule has 5 nitrogen and oxygen atoms in total. The van der Waals surface area contributed by atoms with Crippen molar-refractivity contribution >= 4 is 31.8 Å². The molecule has 0 saturated heterocycles. The number of aromatic nitrogens is 3. The van der Waals surface area contributed by atoms with Crippen LogP contribution in [-0.2, 0) is 17.8 Å². The fraction of sp³-hybridized carbons (Fsp3) is 0.550. The largest absolute Gasteiger partial charge is 0.477 e. The Hall–Kier alpha value is -1.79. The minimum absolute atomic E-state index is 0.156. The molecule has 0 amide bonds. The Balaban J connectivity index is 1.67. The Morgan fingerprint density at radius 1 is 1.23 bits per heavy atom. The van der Waals surface area contributed by atoms with E-state index in [0.29, 0.717) is 19.1 Å². The molecule has 0 spiro atoms. The Morgan fingerprint density at radius 3 is 2.96 bits per heavy atom. The normalized spacial score (nSPS) is 16.1. The zero-order valence-electron chi connectivity index (χ0n) is 15.7. The van der Waals surface area contributed by atoms with Gasteiger partial charge in [-0.2, -0.15) is 0 Å². The molecular weight excluding hydrogens is 346 g/mol. The number of nitrogens with zero attached hydrogens (tertiary/aromatic N) is 3. The number of rotatable bonds is 6. The van der Waals surface area contributed by atoms with E-state index in [0.717, 1.165) is 44.5 Å². The van der Waals surface area contributed by atoms with Crippen LogP contribution < -0.4 is 4.74 Å². The van der Waals surface area contributed by atoms with E-state index >= 15 is 0 Å². The molecule has 0 unspecified atom stereocenters. The number of unbranched alkanes of at least 4 members (excludes halogenated alkanes) is 3. The van der Waals surface area contributed by atoms with Gasteiger partial charge in [0.1, 0.15) is 15.9 Å². The predicted octanol–water partition coefficient (Wildman–Crippen LogP) is 5.05. The number of hydrogen-bond acceptors (Lipinski definition) is 6. The molecule has 4 rings (SSSR count). The van der Waals surface area contributed by atoms with Gasteiger partial charge in [-0.1, -0.05) is 26.2 Å². The molecular formula is C20H25N3O2S. The maximum Gasteiger partial charge on any atom is 0.234 e. The molecule has 1 aliphatic heterocycles. The smallest absolute Gasteiger partial charge is 0.234 e. The molecule has 0 fully saturated rings. The molecule has 0 N–H and O–H groups in total. The molecule has 0 aromatic carbocycles. The fourth-order valence-electron chi connectivity index (χ4n) is 3.37. The highest BCUT2D eigenvalue weighted by molar-refractivity contribution is 7.25. The number of ether oxygens (including phenoxy) is 2. The predicted molar refractivity (Wildman–Crippen MR) is 105 cm³/mol. The number of pyridine rings is 1. The molecule has 1 aliphatic rings. The summed E-state index contributed by atoms with van der Waals surface area (Å²) >= 11 is 1.63. The van der Waals surface area contributed by atoms with Crippen LogP contribution >= 0.6 is 11.3 Å². The minimum atomic E-state index is -0.156. The van der Waals surface area contributed by atoms with Crippen LogP contribution in [-0.4, -0.2) is 27.2 Å². The van der Waals surface area contributed by atoms with Crippen LogP contribution in [0.5, 0.6) is 5.88 Å². The molecule has 26 heavy (non-hydrogen) atoms. The zero-order chi connectivity index (χ0) is 18.1. The van der Waals surface area contributed by atoms with Crippen LogP contribution in [0.15, 0.2) is 12.4 Å². The van der Waals surface area contributed by atoms with Gasteiger partial charge in [-0.3, -0.25) is 0 Å². The van der Waals surface area contributed by atoms with Gasteiger partial charge in [0.15, 0.2) is 0 Å². The third-order valence-corrected chi connectivity index (χ3v) is 5.91. The standard InChI is InChI=1S/C20H25N3O2S/c1-4-5-6-7-8-24-18-17-16(21-12-22-18)14-9-13-11-25-20(2,3)10-15(13)23-19(14)26-17/h9,12H,4-8,10-11H2,1-3H3. The molecule has 0 radical (unpaired) electrons. The molecule has 6 heteroatoms. The number of thiophene rings is 1. The lowest BCUT2D eigenvalue weighted by atomic mass is 9.95. The lowest BCUT2D eigenvalue weighted by Gasteiger charge is -2.30. The molecule has 0 atom stereocenters. The van der Waals surface area contributed by atoms with Crippen molar-refractivity contribution < 1.29 is 9.47 Å². The molecule has 4 heterocycles. The van der Waals surface area contributed by atoms with Gasteiger partial charge in [0.2, 0.25) is 5.88 Å². The topological polar surface area (TPSA) is 57.1 Å². The van der Waals surface area contributed by atoms with Crippen LogP contribution in [0.4, 0.5) is 0 Å². The highest BCUT2D eigenvalue weighted by Crippen LogP contribution is 2.38. The van der Waals surface area contributed by atoms with Gasteiger partial charge in [-0.15, -0.1) is 11.3 Å². The maximum atomic E-state index is 5.96. The first-order chi connectivity index (χ1) is 12.6. The van der Waals surface area contributed by atoms with Gasteiger partial charge >= 0.3 is 0 Å². The summed E-state index contributed by atoms with van der Waals surface area (Å²) in [5.74, 6) is 0.684. The molecule has 0 saturated carbocycles. The Morgan fingerprint density at radius 2 is 2.12 bits per heavy atom. The third kappa shape index (κ3) is 3.40. The van der Waals surface area contributed by atoms with Crippen molar-refractivity contribution in [2.75, 3.05) is 6.61 Å². The van der Waals surface area contributed by atoms with Crippen molar-refractivity contribution in [2.24, 2.45) is 0 Å². The first kappa shape index (κ1) is 17.6. The molecule has 0 bridgehead atoms. The average Bonchev–Trinajstić information content (AvgIpc) is 2.97. The van der Waals surface area contributed by atoms with E-state index in [1.807, 2.05) is 0 Å². The number of fused-ring (bicyclic) bond motifs is 4. The van der Waals surface area contributed by atoms with Crippen LogP contribution in [0.2, 0.25) is 0 Å². The van der Waals surface area contributed by atoms with Crippen molar-refractivity contribution in [3.05, 3.63) is 23.7 Å². The molecule has 3 aromatic heterocycles. The third-order valence-electron chi connectivity index (χ3n) is 4.83. The second-order valence-corrected chi connectivity index (χ2v) is 8.54. The summed E-state index contributed by atoms with van der Waals surface area (Å²) in [7, 11) is 0. The quantitative estimate of drug-likeness (QED) is 0.568. The lowest BCUT2D eigenvalue weighted by Crippen LogP contribution is -2.32. The highest BCUT2D eigenvalue weighted by atomic mass is 32.1. The van der Waals surface area contributed by atoms with Crippen molar-refractivity contribution in [1.29, 1.82) is 0 Å². The van der Waals surface area contributed by atoms with Crippen LogP contribution in [0, 0.1) is 0 Å². The summed E-state index contributed by atoms with van der Waals surface area (Å²) in [6, 6.07) is 2.18. The highest BCUT2D eigenvalue weighted by Gasteiger charge is 2.28. The minimum Gasteiger partial charge on any atom is -0.477 e. The van der Waals surface area contributed by atoms with Crippen LogP contribution in [0.3, 0.4) is 0 Å². The zero-order valence-corrected chi connectivity index (χ0v) is 16.5. The van der Waals surface area contributed by atoms with E-state index in [1.54, 1.807) is 17.7 Å². The average molecular weight is 372 g/mol. The van der Waals surface area contributed by atoms with Crippen molar-refractivity contribution in [2.45, 2.75) is 65.1 Å². The Labute approximate surface area is 157 Å². The van der Waals surface area contributed by atoms with Gasteiger partial charge < -0.3 is 9.47 Å². The van der Waals surface area contributed by atoms with Crippen molar-refractivity contribution in [3.8, 4) is 5.88 Å². The van der Waals surface area contributed by atoms with E-state index in [9.17, 15) is 0 Å². The SMILES string of the molecule is CCCCCCOc1ncnc2c1sc1nc3c(cc12)COC(C)(C)C3. The number of hydrogen-bond donors (Lipinski definition) is 0. The summed E-state index contributed by atoms with van der Waals surface area (Å²) in [5, 5.41) is 1.07. The second kappa shape index (κ2) is 7.08. The summed E-state index contributed by atoms with van der Waals surface area (Å²) in [5.41, 5.74) is 3.08. The first-order valence-corrected chi connectivity index (χ1v) is 10.2. The van der Waals surface area contributed by atoms with Crippen molar-refractivity contribution in [3.63, 3.8) is 0 Å². The summed E-state index contributed by atoms with van der Waals surface area (Å²) in [6.45, 7) is 7.75. The van der Waals surface area contributed by atoms with E-state index in [1.165, 1.54) is 19.3 Å².